The Kier molecular flexibility index (Phi) is 7.69. The van der Waals surface area contributed by atoms with Crippen molar-refractivity contribution in [1.29, 1.82) is 0 Å². The summed E-state index contributed by atoms with van der Waals surface area (Å²) in [6, 6.07) is 1.94. The van der Waals surface area contributed by atoms with Crippen LogP contribution in [0.25, 0.3) is 22.0 Å². The molecule has 1 fully saturated rings. The highest BCUT2D eigenvalue weighted by Crippen LogP contribution is 2.40. The van der Waals surface area contributed by atoms with Crippen molar-refractivity contribution in [2.45, 2.75) is 51.3 Å². The lowest BCUT2D eigenvalue weighted by Crippen LogP contribution is -2.14. The van der Waals surface area contributed by atoms with Crippen LogP contribution >= 0.6 is 19.2 Å². The summed E-state index contributed by atoms with van der Waals surface area (Å²) >= 11 is 1.15. The van der Waals surface area contributed by atoms with Crippen LogP contribution in [-0.4, -0.2) is 45.2 Å². The number of carbonyl (C=O) groups excluding carboxylic acids is 1. The lowest BCUT2D eigenvalue weighted by Gasteiger charge is -2.21. The Morgan fingerprint density at radius 2 is 1.95 bits per heavy atom. The zero-order valence-corrected chi connectivity index (χ0v) is 22.3. The number of phosphoric acid groups is 1. The standard InChI is InChI=1S/C23H24F2N7O5PS/c1-13(37-38(34,35)36)31-10-14(9-26-31)23-28-18(12-39-23)22(33)27-17-11-32(15-5-3-2-4-6-15)30-21(17)20-16(24)7-8-19(25)29-20/h7-13,15H,2-6H2,1H3,(H,27,33)(H2,34,35,36). The quantitative estimate of drug-likeness (QED) is 0.194. The second kappa shape index (κ2) is 11.0. The van der Waals surface area contributed by atoms with Crippen molar-refractivity contribution in [2.75, 3.05) is 5.32 Å². The molecule has 0 spiro atoms. The van der Waals surface area contributed by atoms with Gasteiger partial charge in [-0.15, -0.1) is 11.3 Å². The van der Waals surface area contributed by atoms with Gasteiger partial charge in [0.25, 0.3) is 5.91 Å². The Labute approximate surface area is 224 Å². The van der Waals surface area contributed by atoms with Crippen molar-refractivity contribution in [3.63, 3.8) is 0 Å². The minimum absolute atomic E-state index is 0.0155. The van der Waals surface area contributed by atoms with E-state index in [1.807, 2.05) is 0 Å². The molecule has 16 heteroatoms. The van der Waals surface area contributed by atoms with Crippen LogP contribution in [0.3, 0.4) is 0 Å². The van der Waals surface area contributed by atoms with Crippen molar-refractivity contribution in [2.24, 2.45) is 0 Å². The predicted molar refractivity (Wildman–Crippen MR) is 137 cm³/mol. The fraction of sp³-hybridized carbons (Fsp3) is 0.348. The molecule has 0 aromatic carbocycles. The zero-order valence-electron chi connectivity index (χ0n) is 20.6. The van der Waals surface area contributed by atoms with Gasteiger partial charge >= 0.3 is 7.82 Å². The topological polar surface area (TPSA) is 157 Å². The third-order valence-electron chi connectivity index (χ3n) is 6.21. The highest BCUT2D eigenvalue weighted by Gasteiger charge is 2.25. The highest BCUT2D eigenvalue weighted by molar-refractivity contribution is 7.46. The molecule has 0 aliphatic heterocycles. The van der Waals surface area contributed by atoms with Gasteiger partial charge in [-0.1, -0.05) is 19.3 Å². The Balaban J connectivity index is 1.39. The maximum absolute atomic E-state index is 14.6. The maximum Gasteiger partial charge on any atom is 0.471 e. The molecule has 1 atom stereocenters. The Hall–Kier alpha value is -3.36. The van der Waals surface area contributed by atoms with Gasteiger partial charge < -0.3 is 15.1 Å². The smallest absolute Gasteiger partial charge is 0.317 e. The number of nitrogens with zero attached hydrogens (tertiary/aromatic N) is 6. The molecule has 1 aliphatic carbocycles. The Morgan fingerprint density at radius 1 is 1.18 bits per heavy atom. The molecular formula is C23H24F2N7O5PS. The highest BCUT2D eigenvalue weighted by atomic mass is 32.1. The van der Waals surface area contributed by atoms with Gasteiger partial charge in [-0.05, 0) is 31.9 Å². The third-order valence-corrected chi connectivity index (χ3v) is 7.68. The van der Waals surface area contributed by atoms with Gasteiger partial charge in [-0.2, -0.15) is 14.6 Å². The van der Waals surface area contributed by atoms with Crippen LogP contribution in [0.1, 0.15) is 61.8 Å². The average molecular weight is 580 g/mol. The van der Waals surface area contributed by atoms with E-state index < -0.39 is 31.7 Å². The number of amides is 1. The lowest BCUT2D eigenvalue weighted by atomic mass is 9.96. The number of aromatic nitrogens is 6. The number of nitrogens with one attached hydrogen (secondary N) is 1. The molecule has 3 N–H and O–H groups in total. The lowest BCUT2D eigenvalue weighted by molar-refractivity contribution is 0.0882. The minimum atomic E-state index is -4.71. The molecule has 12 nitrogen and oxygen atoms in total. The molecule has 4 heterocycles. The van der Waals surface area contributed by atoms with E-state index in [0.29, 0.717) is 10.6 Å². The van der Waals surface area contributed by atoms with Crippen molar-refractivity contribution < 1.29 is 32.5 Å². The van der Waals surface area contributed by atoms with Gasteiger partial charge in [0.2, 0.25) is 5.95 Å². The summed E-state index contributed by atoms with van der Waals surface area (Å²) < 4.78 is 47.1. The number of thiazole rings is 1. The fourth-order valence-corrected chi connectivity index (χ4v) is 5.64. The number of hydrogen-bond donors (Lipinski definition) is 3. The van der Waals surface area contributed by atoms with Crippen LogP contribution in [0, 0.1) is 11.8 Å². The summed E-state index contributed by atoms with van der Waals surface area (Å²) in [7, 11) is -4.71. The number of hydrogen-bond acceptors (Lipinski definition) is 8. The Morgan fingerprint density at radius 3 is 2.69 bits per heavy atom. The maximum atomic E-state index is 14.6. The average Bonchev–Trinajstić information content (AvgIpc) is 3.65. The summed E-state index contributed by atoms with van der Waals surface area (Å²) in [5, 5.41) is 13.2. The van der Waals surface area contributed by atoms with Crippen LogP contribution in [0.5, 0.6) is 0 Å². The minimum Gasteiger partial charge on any atom is -0.317 e. The SMILES string of the molecule is CC(OP(=O)(O)O)n1cc(-c2nc(C(=O)Nc3cn(C4CCCCC4)nc3-c3nc(F)ccc3F)cs2)cn1. The van der Waals surface area contributed by atoms with E-state index in [1.54, 1.807) is 10.9 Å². The summed E-state index contributed by atoms with van der Waals surface area (Å²) in [6.07, 6.45) is 8.40. The van der Waals surface area contributed by atoms with Crippen LogP contribution in [0.15, 0.2) is 36.1 Å². The van der Waals surface area contributed by atoms with E-state index in [1.165, 1.54) is 29.4 Å². The Bertz CT molecular complexity index is 1550. The first-order chi connectivity index (χ1) is 18.6. The molecule has 1 aliphatic rings. The molecular weight excluding hydrogens is 555 g/mol. The van der Waals surface area contributed by atoms with Crippen LogP contribution in [0.2, 0.25) is 0 Å². The van der Waals surface area contributed by atoms with Gasteiger partial charge in [0, 0.05) is 23.3 Å². The van der Waals surface area contributed by atoms with E-state index in [2.05, 4.69) is 30.0 Å². The molecule has 206 valence electrons. The molecule has 0 bridgehead atoms. The molecule has 0 saturated heterocycles. The van der Waals surface area contributed by atoms with Gasteiger partial charge in [0.15, 0.2) is 12.0 Å². The largest absolute Gasteiger partial charge is 0.471 e. The van der Waals surface area contributed by atoms with Gasteiger partial charge in [-0.3, -0.25) is 14.0 Å². The van der Waals surface area contributed by atoms with Crippen LogP contribution < -0.4 is 5.32 Å². The zero-order chi connectivity index (χ0) is 27.7. The van der Waals surface area contributed by atoms with E-state index >= 15 is 0 Å². The van der Waals surface area contributed by atoms with E-state index in [0.717, 1.165) is 55.6 Å². The summed E-state index contributed by atoms with van der Waals surface area (Å²) in [5.41, 5.74) is 0.441. The van der Waals surface area contributed by atoms with Crippen molar-refractivity contribution in [3.05, 3.63) is 53.6 Å². The number of anilines is 1. The van der Waals surface area contributed by atoms with E-state index in [-0.39, 0.29) is 28.8 Å². The summed E-state index contributed by atoms with van der Waals surface area (Å²) in [4.78, 5) is 39.1. The van der Waals surface area contributed by atoms with Gasteiger partial charge in [-0.25, -0.2) is 23.6 Å². The number of rotatable bonds is 8. The number of pyridine rings is 1. The van der Waals surface area contributed by atoms with Crippen LogP contribution in [0.4, 0.5) is 14.5 Å². The molecule has 1 saturated carbocycles. The van der Waals surface area contributed by atoms with Crippen molar-refractivity contribution in [1.82, 2.24) is 29.5 Å². The first-order valence-electron chi connectivity index (χ1n) is 12.0. The number of phosphoric ester groups is 1. The monoisotopic (exact) mass is 579 g/mol. The number of halogens is 2. The molecule has 1 unspecified atom stereocenters. The molecule has 4 aromatic rings. The predicted octanol–water partition coefficient (Wildman–Crippen LogP) is 4.93. The van der Waals surface area contributed by atoms with Crippen molar-refractivity contribution >= 4 is 30.8 Å². The number of carbonyl (C=O) groups is 1. The van der Waals surface area contributed by atoms with Crippen LogP contribution in [-0.2, 0) is 9.09 Å². The van der Waals surface area contributed by atoms with Crippen molar-refractivity contribution in [3.8, 4) is 22.0 Å². The van der Waals surface area contributed by atoms with Gasteiger partial charge in [0.05, 0.1) is 17.9 Å². The molecule has 5 rings (SSSR count). The second-order valence-electron chi connectivity index (χ2n) is 9.02. The molecule has 4 aromatic heterocycles. The van der Waals surface area contributed by atoms with Gasteiger partial charge in [0.1, 0.15) is 22.1 Å². The van der Waals surface area contributed by atoms with E-state index in [4.69, 9.17) is 9.79 Å². The first-order valence-corrected chi connectivity index (χ1v) is 14.5. The summed E-state index contributed by atoms with van der Waals surface area (Å²) in [5.74, 6) is -2.24. The molecule has 39 heavy (non-hydrogen) atoms. The fourth-order valence-electron chi connectivity index (χ4n) is 4.37. The third kappa shape index (κ3) is 6.28. The second-order valence-corrected chi connectivity index (χ2v) is 11.1. The molecule has 0 radical (unpaired) electrons. The normalized spacial score (nSPS) is 15.4. The molecule has 1 amide bonds. The summed E-state index contributed by atoms with van der Waals surface area (Å²) in [6.45, 7) is 1.41. The first kappa shape index (κ1) is 27.2. The van der Waals surface area contributed by atoms with E-state index in [9.17, 15) is 18.1 Å².